The Morgan fingerprint density at radius 3 is 2.83 bits per heavy atom. The maximum Gasteiger partial charge on any atom is 0.303 e. The van der Waals surface area contributed by atoms with Crippen molar-refractivity contribution in [2.24, 2.45) is 5.41 Å². The molecule has 2 rings (SSSR count). The van der Waals surface area contributed by atoms with E-state index in [4.69, 9.17) is 5.11 Å². The second-order valence-electron chi connectivity index (χ2n) is 6.11. The smallest absolute Gasteiger partial charge is 0.303 e. The molecule has 2 heterocycles. The van der Waals surface area contributed by atoms with E-state index in [0.717, 1.165) is 26.2 Å². The van der Waals surface area contributed by atoms with E-state index < -0.39 is 12.3 Å². The summed E-state index contributed by atoms with van der Waals surface area (Å²) in [5.74, 6) is -0.784. The van der Waals surface area contributed by atoms with Crippen molar-refractivity contribution in [1.82, 2.24) is 15.1 Å². The van der Waals surface area contributed by atoms with Crippen LogP contribution in [0.5, 0.6) is 0 Å². The quantitative estimate of drug-likeness (QED) is 0.621. The maximum absolute atomic E-state index is 10.8. The molecule has 0 aromatic carbocycles. The predicted octanol–water partition coefficient (Wildman–Crippen LogP) is -0.647. The van der Waals surface area contributed by atoms with Gasteiger partial charge in [-0.3, -0.25) is 14.6 Å². The Kier molecular flexibility index (Phi) is 3.91. The molecule has 2 aliphatic rings. The van der Waals surface area contributed by atoms with Crippen molar-refractivity contribution in [2.75, 3.05) is 32.7 Å². The maximum atomic E-state index is 10.8. The number of carboxylic acid groups (broad SMARTS) is 1. The summed E-state index contributed by atoms with van der Waals surface area (Å²) in [7, 11) is 0. The van der Waals surface area contributed by atoms with Gasteiger partial charge in [0, 0.05) is 38.8 Å². The summed E-state index contributed by atoms with van der Waals surface area (Å²) in [6, 6.07) is 0.342. The number of aliphatic carboxylic acids is 1. The van der Waals surface area contributed by atoms with Crippen LogP contribution in [-0.2, 0) is 4.79 Å². The third-order valence-electron chi connectivity index (χ3n) is 3.73. The highest BCUT2D eigenvalue weighted by Gasteiger charge is 2.41. The second kappa shape index (κ2) is 5.13. The van der Waals surface area contributed by atoms with Crippen LogP contribution in [0, 0.1) is 5.41 Å². The molecule has 0 aromatic heterocycles. The first kappa shape index (κ1) is 13.7. The first-order valence-electron chi connectivity index (χ1n) is 6.49. The minimum absolute atomic E-state index is 0.124. The molecule has 104 valence electrons. The molecule has 0 spiro atoms. The van der Waals surface area contributed by atoms with E-state index in [1.165, 1.54) is 0 Å². The molecule has 0 amide bonds. The fourth-order valence-corrected chi connectivity index (χ4v) is 2.99. The highest BCUT2D eigenvalue weighted by molar-refractivity contribution is 5.67. The lowest BCUT2D eigenvalue weighted by molar-refractivity contribution is -0.140. The Hall–Kier alpha value is -0.690. The molecule has 2 atom stereocenters. The molecule has 0 radical (unpaired) electrons. The number of carboxylic acids is 1. The Balaban J connectivity index is 1.95. The summed E-state index contributed by atoms with van der Waals surface area (Å²) in [6.07, 6.45) is -0.441. The van der Waals surface area contributed by atoms with E-state index >= 15 is 0 Å². The number of aliphatic hydroxyl groups is 1. The fraction of sp³-hybridized carbons (Fsp3) is 0.917. The number of rotatable bonds is 4. The molecule has 2 unspecified atom stereocenters. The van der Waals surface area contributed by atoms with Crippen molar-refractivity contribution in [2.45, 2.75) is 32.7 Å². The van der Waals surface area contributed by atoms with Gasteiger partial charge in [-0.2, -0.15) is 0 Å². The topological polar surface area (TPSA) is 76.0 Å². The van der Waals surface area contributed by atoms with Crippen molar-refractivity contribution in [3.63, 3.8) is 0 Å². The number of fused-ring (bicyclic) bond motifs is 1. The highest BCUT2D eigenvalue weighted by atomic mass is 16.4. The SMILES string of the molecule is CC(C)(CC(=O)O)CN1CC2CNCCN2C1O. The molecular formula is C12H23N3O3. The van der Waals surface area contributed by atoms with Gasteiger partial charge in [0.1, 0.15) is 0 Å². The van der Waals surface area contributed by atoms with E-state index in [-0.39, 0.29) is 11.8 Å². The largest absolute Gasteiger partial charge is 0.481 e. The van der Waals surface area contributed by atoms with Crippen LogP contribution >= 0.6 is 0 Å². The van der Waals surface area contributed by atoms with Gasteiger partial charge >= 0.3 is 5.97 Å². The predicted molar refractivity (Wildman–Crippen MR) is 67.0 cm³/mol. The molecule has 0 saturated carbocycles. The van der Waals surface area contributed by atoms with Crippen LogP contribution in [-0.4, -0.2) is 71.1 Å². The zero-order valence-electron chi connectivity index (χ0n) is 11.1. The average molecular weight is 257 g/mol. The molecule has 18 heavy (non-hydrogen) atoms. The van der Waals surface area contributed by atoms with Crippen LogP contribution in [0.1, 0.15) is 20.3 Å². The van der Waals surface area contributed by atoms with Gasteiger partial charge in [-0.15, -0.1) is 0 Å². The van der Waals surface area contributed by atoms with Gasteiger partial charge in [-0.25, -0.2) is 0 Å². The molecule has 2 aliphatic heterocycles. The third kappa shape index (κ3) is 3.00. The van der Waals surface area contributed by atoms with Gasteiger partial charge in [0.25, 0.3) is 0 Å². The number of hydrogen-bond acceptors (Lipinski definition) is 5. The molecule has 2 saturated heterocycles. The lowest BCUT2D eigenvalue weighted by Gasteiger charge is -2.33. The third-order valence-corrected chi connectivity index (χ3v) is 3.73. The molecule has 0 aromatic rings. The molecule has 2 fully saturated rings. The Morgan fingerprint density at radius 1 is 1.50 bits per heavy atom. The van der Waals surface area contributed by atoms with E-state index in [0.29, 0.717) is 12.6 Å². The first-order chi connectivity index (χ1) is 8.39. The standard InChI is InChI=1S/C12H23N3O3/c1-12(2,5-10(16)17)8-14-7-9-6-13-3-4-15(9)11(14)18/h9,11,13,18H,3-8H2,1-2H3,(H,16,17). The summed E-state index contributed by atoms with van der Waals surface area (Å²) in [4.78, 5) is 14.9. The summed E-state index contributed by atoms with van der Waals surface area (Å²) < 4.78 is 0. The summed E-state index contributed by atoms with van der Waals surface area (Å²) >= 11 is 0. The van der Waals surface area contributed by atoms with Crippen LogP contribution < -0.4 is 5.32 Å². The second-order valence-corrected chi connectivity index (χ2v) is 6.11. The normalized spacial score (nSPS) is 30.4. The van der Waals surface area contributed by atoms with Gasteiger partial charge in [0.15, 0.2) is 6.35 Å². The zero-order chi connectivity index (χ0) is 13.3. The number of nitrogens with zero attached hydrogens (tertiary/aromatic N) is 2. The highest BCUT2D eigenvalue weighted by Crippen LogP contribution is 2.27. The van der Waals surface area contributed by atoms with Crippen molar-refractivity contribution >= 4 is 5.97 Å². The van der Waals surface area contributed by atoms with Gasteiger partial charge in [-0.05, 0) is 5.41 Å². The van der Waals surface area contributed by atoms with Gasteiger partial charge in [0.2, 0.25) is 0 Å². The molecule has 6 heteroatoms. The Bertz CT molecular complexity index is 322. The minimum atomic E-state index is -0.784. The number of piperazine rings is 1. The van der Waals surface area contributed by atoms with Crippen molar-refractivity contribution in [1.29, 1.82) is 0 Å². The zero-order valence-corrected chi connectivity index (χ0v) is 11.1. The van der Waals surface area contributed by atoms with Gasteiger partial charge in [0.05, 0.1) is 6.42 Å². The number of nitrogens with one attached hydrogen (secondary N) is 1. The molecular weight excluding hydrogens is 234 g/mol. The summed E-state index contributed by atoms with van der Waals surface area (Å²) in [5, 5.41) is 22.5. The van der Waals surface area contributed by atoms with Crippen LogP contribution in [0.25, 0.3) is 0 Å². The average Bonchev–Trinajstić information content (AvgIpc) is 2.54. The number of carbonyl (C=O) groups is 1. The fourth-order valence-electron chi connectivity index (χ4n) is 2.99. The van der Waals surface area contributed by atoms with E-state index in [2.05, 4.69) is 10.2 Å². The lowest BCUT2D eigenvalue weighted by atomic mass is 9.89. The molecule has 6 nitrogen and oxygen atoms in total. The van der Waals surface area contributed by atoms with E-state index in [9.17, 15) is 9.90 Å². The minimum Gasteiger partial charge on any atom is -0.481 e. The first-order valence-corrected chi connectivity index (χ1v) is 6.49. The summed E-state index contributed by atoms with van der Waals surface area (Å²) in [6.45, 7) is 7.92. The van der Waals surface area contributed by atoms with Crippen molar-refractivity contribution in [3.05, 3.63) is 0 Å². The van der Waals surface area contributed by atoms with Crippen molar-refractivity contribution < 1.29 is 15.0 Å². The molecule has 0 aliphatic carbocycles. The molecule has 3 N–H and O–H groups in total. The van der Waals surface area contributed by atoms with Crippen LogP contribution in [0.4, 0.5) is 0 Å². The Morgan fingerprint density at radius 2 is 2.22 bits per heavy atom. The summed E-state index contributed by atoms with van der Waals surface area (Å²) in [5.41, 5.74) is -0.325. The van der Waals surface area contributed by atoms with Crippen LogP contribution in [0.15, 0.2) is 0 Å². The Labute approximate surface area is 108 Å². The molecule has 0 bridgehead atoms. The van der Waals surface area contributed by atoms with Gasteiger partial charge < -0.3 is 15.5 Å². The van der Waals surface area contributed by atoms with E-state index in [1.54, 1.807) is 0 Å². The van der Waals surface area contributed by atoms with Crippen LogP contribution in [0.3, 0.4) is 0 Å². The van der Waals surface area contributed by atoms with Crippen LogP contribution in [0.2, 0.25) is 0 Å². The lowest BCUT2D eigenvalue weighted by Crippen LogP contribution is -2.52. The van der Waals surface area contributed by atoms with Crippen molar-refractivity contribution in [3.8, 4) is 0 Å². The van der Waals surface area contributed by atoms with E-state index in [1.807, 2.05) is 18.7 Å². The monoisotopic (exact) mass is 257 g/mol. The van der Waals surface area contributed by atoms with Gasteiger partial charge in [-0.1, -0.05) is 13.8 Å². The number of aliphatic hydroxyl groups excluding tert-OH is 1. The number of hydrogen-bond donors (Lipinski definition) is 3.